The lowest BCUT2D eigenvalue weighted by molar-refractivity contribution is 0.334. The fourth-order valence-corrected chi connectivity index (χ4v) is 3.27. The molecule has 1 fully saturated rings. The first-order valence-electron chi connectivity index (χ1n) is 7.40. The van der Waals surface area contributed by atoms with Crippen LogP contribution in [0.25, 0.3) is 0 Å². The standard InChI is InChI=1S/C13H23N5O2S/c1-2-14-13-15-10-12(11-16-13)21(19,20)17-6-5-9-18-7-3-4-8-18/h10-11,17H,2-9H2,1H3,(H,14,15,16). The normalized spacial score (nSPS) is 16.2. The molecule has 1 saturated heterocycles. The predicted octanol–water partition coefficient (Wildman–Crippen LogP) is 0.673. The summed E-state index contributed by atoms with van der Waals surface area (Å²) in [7, 11) is -3.51. The molecule has 1 aliphatic rings. The van der Waals surface area contributed by atoms with E-state index in [1.807, 2.05) is 6.92 Å². The number of likely N-dealkylation sites (tertiary alicyclic amines) is 1. The highest BCUT2D eigenvalue weighted by Gasteiger charge is 2.15. The summed E-state index contributed by atoms with van der Waals surface area (Å²) in [5.74, 6) is 0.436. The van der Waals surface area contributed by atoms with Gasteiger partial charge in [-0.3, -0.25) is 0 Å². The Bertz CT molecular complexity index is 526. The van der Waals surface area contributed by atoms with Gasteiger partial charge in [-0.05, 0) is 45.8 Å². The van der Waals surface area contributed by atoms with Crippen LogP contribution in [-0.2, 0) is 10.0 Å². The van der Waals surface area contributed by atoms with E-state index in [4.69, 9.17) is 0 Å². The van der Waals surface area contributed by atoms with E-state index in [0.717, 1.165) is 26.1 Å². The van der Waals surface area contributed by atoms with E-state index in [-0.39, 0.29) is 4.90 Å². The summed E-state index contributed by atoms with van der Waals surface area (Å²) in [5.41, 5.74) is 0. The minimum Gasteiger partial charge on any atom is -0.355 e. The van der Waals surface area contributed by atoms with Crippen LogP contribution in [0.15, 0.2) is 17.3 Å². The summed E-state index contributed by atoms with van der Waals surface area (Å²) in [6.45, 7) is 6.27. The third-order valence-corrected chi connectivity index (χ3v) is 4.83. The van der Waals surface area contributed by atoms with Crippen molar-refractivity contribution >= 4 is 16.0 Å². The minimum absolute atomic E-state index is 0.102. The molecule has 2 heterocycles. The zero-order chi connectivity index (χ0) is 15.1. The van der Waals surface area contributed by atoms with Gasteiger partial charge in [-0.2, -0.15) is 0 Å². The van der Waals surface area contributed by atoms with Crippen molar-refractivity contribution in [3.8, 4) is 0 Å². The summed E-state index contributed by atoms with van der Waals surface area (Å²) in [4.78, 5) is 10.4. The maximum Gasteiger partial charge on any atom is 0.243 e. The highest BCUT2D eigenvalue weighted by atomic mass is 32.2. The molecule has 2 rings (SSSR count). The molecule has 0 radical (unpaired) electrons. The van der Waals surface area contributed by atoms with Crippen LogP contribution in [0.5, 0.6) is 0 Å². The predicted molar refractivity (Wildman–Crippen MR) is 81.7 cm³/mol. The molecule has 21 heavy (non-hydrogen) atoms. The van der Waals surface area contributed by atoms with Crippen molar-refractivity contribution in [3.63, 3.8) is 0 Å². The highest BCUT2D eigenvalue weighted by molar-refractivity contribution is 7.89. The van der Waals surface area contributed by atoms with E-state index in [9.17, 15) is 8.42 Å². The van der Waals surface area contributed by atoms with Gasteiger partial charge in [0, 0.05) is 13.1 Å². The molecule has 0 spiro atoms. The Morgan fingerprint density at radius 3 is 2.52 bits per heavy atom. The van der Waals surface area contributed by atoms with E-state index in [1.165, 1.54) is 25.2 Å². The summed E-state index contributed by atoms with van der Waals surface area (Å²) in [6.07, 6.45) is 5.97. The molecule has 0 bridgehead atoms. The van der Waals surface area contributed by atoms with Crippen molar-refractivity contribution in [1.29, 1.82) is 0 Å². The van der Waals surface area contributed by atoms with Gasteiger partial charge in [0.1, 0.15) is 4.90 Å². The number of nitrogens with zero attached hydrogens (tertiary/aromatic N) is 3. The molecule has 2 N–H and O–H groups in total. The zero-order valence-corrected chi connectivity index (χ0v) is 13.2. The van der Waals surface area contributed by atoms with E-state index in [2.05, 4.69) is 24.9 Å². The van der Waals surface area contributed by atoms with Gasteiger partial charge in [0.15, 0.2) is 0 Å². The molecule has 0 aliphatic carbocycles. The number of rotatable bonds is 8. The first-order valence-corrected chi connectivity index (χ1v) is 8.88. The number of nitrogens with one attached hydrogen (secondary N) is 2. The smallest absolute Gasteiger partial charge is 0.243 e. The number of aromatic nitrogens is 2. The van der Waals surface area contributed by atoms with Gasteiger partial charge in [-0.25, -0.2) is 23.1 Å². The topological polar surface area (TPSA) is 87.2 Å². The average molecular weight is 313 g/mol. The van der Waals surface area contributed by atoms with Crippen LogP contribution in [0.4, 0.5) is 5.95 Å². The molecule has 0 amide bonds. The Morgan fingerprint density at radius 2 is 1.90 bits per heavy atom. The first-order chi connectivity index (χ1) is 10.1. The fourth-order valence-electron chi connectivity index (χ4n) is 2.30. The minimum atomic E-state index is -3.51. The van der Waals surface area contributed by atoms with Crippen LogP contribution in [0.3, 0.4) is 0 Å². The van der Waals surface area contributed by atoms with Crippen LogP contribution in [0, 0.1) is 0 Å². The van der Waals surface area contributed by atoms with Gasteiger partial charge in [0.2, 0.25) is 16.0 Å². The summed E-state index contributed by atoms with van der Waals surface area (Å²) in [6, 6.07) is 0. The van der Waals surface area contributed by atoms with Crippen molar-refractivity contribution in [1.82, 2.24) is 19.6 Å². The Balaban J connectivity index is 1.80. The second-order valence-electron chi connectivity index (χ2n) is 5.07. The number of sulfonamides is 1. The largest absolute Gasteiger partial charge is 0.355 e. The Labute approximate surface area is 126 Å². The Kier molecular flexibility index (Phi) is 5.89. The fraction of sp³-hybridized carbons (Fsp3) is 0.692. The summed E-state index contributed by atoms with van der Waals surface area (Å²) < 4.78 is 26.7. The van der Waals surface area contributed by atoms with Crippen molar-refractivity contribution < 1.29 is 8.42 Å². The Morgan fingerprint density at radius 1 is 1.24 bits per heavy atom. The second-order valence-corrected chi connectivity index (χ2v) is 6.84. The molecule has 1 aromatic rings. The Hall–Kier alpha value is -1.25. The SMILES string of the molecule is CCNc1ncc(S(=O)(=O)NCCCN2CCCC2)cn1. The molecular weight excluding hydrogens is 290 g/mol. The van der Waals surface area contributed by atoms with Gasteiger partial charge >= 0.3 is 0 Å². The van der Waals surface area contributed by atoms with Crippen LogP contribution < -0.4 is 10.0 Å². The average Bonchev–Trinajstić information content (AvgIpc) is 2.98. The van der Waals surface area contributed by atoms with Gasteiger partial charge in [-0.15, -0.1) is 0 Å². The van der Waals surface area contributed by atoms with Gasteiger partial charge in [-0.1, -0.05) is 0 Å². The number of hydrogen-bond donors (Lipinski definition) is 2. The maximum absolute atomic E-state index is 12.1. The highest BCUT2D eigenvalue weighted by Crippen LogP contribution is 2.09. The molecule has 0 aromatic carbocycles. The van der Waals surface area contributed by atoms with Crippen LogP contribution in [0.2, 0.25) is 0 Å². The molecular formula is C13H23N5O2S. The zero-order valence-electron chi connectivity index (χ0n) is 12.4. The van der Waals surface area contributed by atoms with E-state index in [1.54, 1.807) is 0 Å². The lowest BCUT2D eigenvalue weighted by atomic mass is 10.4. The molecule has 7 nitrogen and oxygen atoms in total. The molecule has 0 unspecified atom stereocenters. The molecule has 118 valence electrons. The van der Waals surface area contributed by atoms with Gasteiger partial charge in [0.25, 0.3) is 0 Å². The summed E-state index contributed by atoms with van der Waals surface area (Å²) in [5, 5.41) is 2.93. The molecule has 1 aliphatic heterocycles. The van der Waals surface area contributed by atoms with Gasteiger partial charge < -0.3 is 10.2 Å². The van der Waals surface area contributed by atoms with Crippen LogP contribution in [0.1, 0.15) is 26.2 Å². The van der Waals surface area contributed by atoms with Crippen molar-refractivity contribution in [3.05, 3.63) is 12.4 Å². The van der Waals surface area contributed by atoms with E-state index >= 15 is 0 Å². The lowest BCUT2D eigenvalue weighted by Gasteiger charge is -2.14. The first kappa shape index (κ1) is 16.1. The quantitative estimate of drug-likeness (QED) is 0.686. The lowest BCUT2D eigenvalue weighted by Crippen LogP contribution is -2.29. The van der Waals surface area contributed by atoms with Crippen LogP contribution >= 0.6 is 0 Å². The third-order valence-electron chi connectivity index (χ3n) is 3.42. The molecule has 0 atom stereocenters. The molecule has 0 saturated carbocycles. The van der Waals surface area contributed by atoms with E-state index in [0.29, 0.717) is 19.0 Å². The van der Waals surface area contributed by atoms with E-state index < -0.39 is 10.0 Å². The molecule has 8 heteroatoms. The molecule has 1 aromatic heterocycles. The van der Waals surface area contributed by atoms with Crippen molar-refractivity contribution in [2.45, 2.75) is 31.1 Å². The van der Waals surface area contributed by atoms with Crippen molar-refractivity contribution in [2.75, 3.05) is 38.0 Å². The monoisotopic (exact) mass is 313 g/mol. The third kappa shape index (κ3) is 4.90. The number of anilines is 1. The van der Waals surface area contributed by atoms with Crippen molar-refractivity contribution in [2.24, 2.45) is 0 Å². The summed E-state index contributed by atoms with van der Waals surface area (Å²) >= 11 is 0. The van der Waals surface area contributed by atoms with Gasteiger partial charge in [0.05, 0.1) is 12.4 Å². The second kappa shape index (κ2) is 7.67. The number of hydrogen-bond acceptors (Lipinski definition) is 6. The maximum atomic E-state index is 12.1. The van der Waals surface area contributed by atoms with Crippen LogP contribution in [-0.4, -0.2) is 56.0 Å².